The second kappa shape index (κ2) is 6.83. The molecule has 0 atom stereocenters. The molecule has 0 amide bonds. The van der Waals surface area contributed by atoms with Crippen molar-refractivity contribution in [2.24, 2.45) is 10.9 Å². The van der Waals surface area contributed by atoms with Crippen LogP contribution in [-0.2, 0) is 0 Å². The minimum atomic E-state index is 0.495. The van der Waals surface area contributed by atoms with Crippen LogP contribution in [0.4, 0.5) is 0 Å². The summed E-state index contributed by atoms with van der Waals surface area (Å²) in [6, 6.07) is 7.71. The normalized spacial score (nSPS) is 10.1. The number of rotatable bonds is 2. The zero-order valence-corrected chi connectivity index (χ0v) is 8.91. The van der Waals surface area contributed by atoms with E-state index in [-0.39, 0.29) is 0 Å². The topological polar surface area (TPSA) is 62.2 Å². The molecule has 0 aliphatic heterocycles. The Balaban J connectivity index is 0.000000791. The predicted octanol–water partition coefficient (Wildman–Crippen LogP) is 2.33. The molecular weight excluding hydrogens is 174 g/mol. The van der Waals surface area contributed by atoms with Crippen molar-refractivity contribution in [1.29, 1.82) is 5.41 Å². The van der Waals surface area contributed by atoms with Crippen molar-refractivity contribution in [3.63, 3.8) is 0 Å². The number of nitrogens with zero attached hydrogens (tertiary/aromatic N) is 1. The van der Waals surface area contributed by atoms with Crippen LogP contribution < -0.4 is 5.84 Å². The molecule has 0 fully saturated rings. The smallest absolute Gasteiger partial charge is 0.107 e. The molecule has 0 bridgehead atoms. The molecule has 1 rings (SSSR count). The third-order valence-electron chi connectivity index (χ3n) is 1.62. The number of aryl methyl sites for hydroxylation is 1. The lowest BCUT2D eigenvalue weighted by Crippen LogP contribution is -2.04. The molecule has 14 heavy (non-hydrogen) atoms. The monoisotopic (exact) mass is 191 g/mol. The maximum Gasteiger partial charge on any atom is 0.107 e. The van der Waals surface area contributed by atoms with Crippen molar-refractivity contribution in [1.82, 2.24) is 0 Å². The average molecular weight is 191 g/mol. The van der Waals surface area contributed by atoms with E-state index < -0.39 is 0 Å². The van der Waals surface area contributed by atoms with Crippen LogP contribution in [0.2, 0.25) is 0 Å². The molecule has 0 spiro atoms. The van der Waals surface area contributed by atoms with Gasteiger partial charge in [-0.05, 0) is 6.92 Å². The highest BCUT2D eigenvalue weighted by Crippen LogP contribution is 2.03. The minimum absolute atomic E-state index is 0.495. The summed E-state index contributed by atoms with van der Waals surface area (Å²) in [5.74, 6) is 5.09. The molecule has 76 valence electrons. The van der Waals surface area contributed by atoms with Crippen molar-refractivity contribution in [3.05, 3.63) is 35.4 Å². The highest BCUT2D eigenvalue weighted by molar-refractivity contribution is 6.37. The molecule has 0 saturated carbocycles. The molecule has 3 heteroatoms. The van der Waals surface area contributed by atoms with Crippen molar-refractivity contribution in [2.45, 2.75) is 20.8 Å². The van der Waals surface area contributed by atoms with Crippen molar-refractivity contribution < 1.29 is 0 Å². The van der Waals surface area contributed by atoms with E-state index in [1.807, 2.05) is 45.0 Å². The fourth-order valence-electron chi connectivity index (χ4n) is 0.919. The second-order valence-corrected chi connectivity index (χ2v) is 2.52. The van der Waals surface area contributed by atoms with Crippen LogP contribution in [0, 0.1) is 12.3 Å². The van der Waals surface area contributed by atoms with Gasteiger partial charge in [0, 0.05) is 11.8 Å². The highest BCUT2D eigenvalue weighted by Gasteiger charge is 1.97. The molecular formula is C11H17N3. The van der Waals surface area contributed by atoms with Gasteiger partial charge < -0.3 is 11.3 Å². The first-order valence-corrected chi connectivity index (χ1v) is 4.63. The Morgan fingerprint density at radius 3 is 2.14 bits per heavy atom. The lowest BCUT2D eigenvalue weighted by Gasteiger charge is -1.98. The van der Waals surface area contributed by atoms with Gasteiger partial charge in [0.05, 0.1) is 0 Å². The second-order valence-electron chi connectivity index (χ2n) is 2.52. The summed E-state index contributed by atoms with van der Waals surface area (Å²) in [7, 11) is 0. The van der Waals surface area contributed by atoms with E-state index >= 15 is 0 Å². The van der Waals surface area contributed by atoms with Gasteiger partial charge in [0.1, 0.15) is 5.71 Å². The van der Waals surface area contributed by atoms with Gasteiger partial charge in [-0.3, -0.25) is 0 Å². The number of hydrogen-bond donors (Lipinski definition) is 2. The summed E-state index contributed by atoms with van der Waals surface area (Å²) in [4.78, 5) is 0. The molecule has 0 radical (unpaired) electrons. The lowest BCUT2D eigenvalue weighted by atomic mass is 10.1. The minimum Gasteiger partial charge on any atom is -0.323 e. The number of hydrazone groups is 1. The summed E-state index contributed by atoms with van der Waals surface area (Å²) in [6.45, 7) is 6.01. The van der Waals surface area contributed by atoms with Crippen LogP contribution in [0.25, 0.3) is 0 Å². The molecule has 0 saturated heterocycles. The summed E-state index contributed by atoms with van der Waals surface area (Å²) >= 11 is 0. The molecule has 0 aliphatic rings. The van der Waals surface area contributed by atoms with E-state index in [4.69, 9.17) is 11.3 Å². The third kappa shape index (κ3) is 3.39. The zero-order chi connectivity index (χ0) is 11.0. The largest absolute Gasteiger partial charge is 0.323 e. The maximum atomic E-state index is 7.02. The highest BCUT2D eigenvalue weighted by atomic mass is 15.1. The fraction of sp³-hybridized carbons (Fsp3) is 0.273. The number of nitrogens with two attached hydrogens (primary N) is 1. The van der Waals surface area contributed by atoms with E-state index in [0.717, 1.165) is 11.8 Å². The fourth-order valence-corrected chi connectivity index (χ4v) is 0.919. The first-order chi connectivity index (χ1) is 6.77. The predicted molar refractivity (Wildman–Crippen MR) is 62.0 cm³/mol. The summed E-state index contributed by atoms with van der Waals surface area (Å²) in [5, 5.41) is 10.5. The Kier molecular flexibility index (Phi) is 6.03. The van der Waals surface area contributed by atoms with Gasteiger partial charge in [0.15, 0.2) is 0 Å². The molecule has 0 aromatic heterocycles. The Morgan fingerprint density at radius 2 is 1.79 bits per heavy atom. The van der Waals surface area contributed by atoms with Crippen LogP contribution in [0.1, 0.15) is 25.0 Å². The Labute approximate surface area is 85.2 Å². The molecule has 0 unspecified atom stereocenters. The van der Waals surface area contributed by atoms with Gasteiger partial charge in [-0.25, -0.2) is 0 Å². The van der Waals surface area contributed by atoms with Crippen LogP contribution in [0.3, 0.4) is 0 Å². The third-order valence-corrected chi connectivity index (χ3v) is 1.62. The van der Waals surface area contributed by atoms with Crippen molar-refractivity contribution >= 4 is 11.9 Å². The summed E-state index contributed by atoms with van der Waals surface area (Å²) < 4.78 is 0. The Hall–Kier alpha value is -1.64. The van der Waals surface area contributed by atoms with Crippen LogP contribution in [-0.4, -0.2) is 11.9 Å². The van der Waals surface area contributed by atoms with E-state index in [9.17, 15) is 0 Å². The standard InChI is InChI=1S/C9H11N3.C2H6/c1-7-2-4-8(5-3-7)9(6-10)12-11;1-2/h2-6,10H,11H2,1H3;1-2H3/b10-6?,12-9+;. The van der Waals surface area contributed by atoms with Crippen LogP contribution in [0.5, 0.6) is 0 Å². The van der Waals surface area contributed by atoms with Gasteiger partial charge in [0.2, 0.25) is 0 Å². The van der Waals surface area contributed by atoms with Crippen LogP contribution >= 0.6 is 0 Å². The Bertz CT molecular complexity index is 299. The van der Waals surface area contributed by atoms with Gasteiger partial charge in [-0.2, -0.15) is 5.10 Å². The molecule has 1 aromatic rings. The van der Waals surface area contributed by atoms with E-state index in [1.165, 1.54) is 5.56 Å². The summed E-state index contributed by atoms with van der Waals surface area (Å²) in [5.41, 5.74) is 2.55. The summed E-state index contributed by atoms with van der Waals surface area (Å²) in [6.07, 6.45) is 1.14. The van der Waals surface area contributed by atoms with Crippen molar-refractivity contribution in [2.75, 3.05) is 0 Å². The quantitative estimate of drug-likeness (QED) is 0.420. The molecule has 0 heterocycles. The first kappa shape index (κ1) is 12.4. The van der Waals surface area contributed by atoms with Crippen LogP contribution in [0.15, 0.2) is 29.4 Å². The van der Waals surface area contributed by atoms with Gasteiger partial charge >= 0.3 is 0 Å². The van der Waals surface area contributed by atoms with Crippen molar-refractivity contribution in [3.8, 4) is 0 Å². The molecule has 1 aromatic carbocycles. The molecule has 0 aliphatic carbocycles. The number of hydrogen-bond acceptors (Lipinski definition) is 3. The van der Waals surface area contributed by atoms with E-state index in [2.05, 4.69) is 5.10 Å². The van der Waals surface area contributed by atoms with Gasteiger partial charge in [0.25, 0.3) is 0 Å². The first-order valence-electron chi connectivity index (χ1n) is 4.63. The average Bonchev–Trinajstić information content (AvgIpc) is 2.25. The number of benzene rings is 1. The van der Waals surface area contributed by atoms with Gasteiger partial charge in [-0.15, -0.1) is 0 Å². The van der Waals surface area contributed by atoms with Gasteiger partial charge in [-0.1, -0.05) is 43.7 Å². The van der Waals surface area contributed by atoms with E-state index in [1.54, 1.807) is 0 Å². The molecule has 3 nitrogen and oxygen atoms in total. The maximum absolute atomic E-state index is 7.02. The Morgan fingerprint density at radius 1 is 1.29 bits per heavy atom. The lowest BCUT2D eigenvalue weighted by molar-refractivity contribution is 1.25. The molecule has 3 N–H and O–H groups in total. The zero-order valence-electron chi connectivity index (χ0n) is 8.91. The van der Waals surface area contributed by atoms with E-state index in [0.29, 0.717) is 5.71 Å². The SMILES string of the molecule is CC.Cc1ccc(/C(C=N)=N/N)cc1. The number of nitrogens with one attached hydrogen (secondary N) is 1.